The van der Waals surface area contributed by atoms with E-state index in [0.29, 0.717) is 0 Å². The van der Waals surface area contributed by atoms with Crippen molar-refractivity contribution >= 4 is 82.1 Å². The van der Waals surface area contributed by atoms with Crippen molar-refractivity contribution in [3.8, 4) is 0 Å². The monoisotopic (exact) mass is 846 g/mol. The SMILES string of the molecule is O=S(=O)([C-](S(=O)(=O)C(F)(F)F)S(=O)(=O)C(F)(F)F)C(F)(F)F.O=S(=O)([C-](S(=O)(=O)C(F)(F)F)S(=O)(=O)C(F)(F)F)C(F)(F)F.[Mg+2]. The molecular weight excluding hydrogens is 847 g/mol. The van der Waals surface area contributed by atoms with Gasteiger partial charge in [0, 0.05) is 0 Å². The summed E-state index contributed by atoms with van der Waals surface area (Å²) in [6, 6.07) is 0. The Morgan fingerprint density at radius 2 is 0.311 bits per heavy atom. The Kier molecular flexibility index (Phi) is 13.9. The van der Waals surface area contributed by atoms with E-state index in [1.807, 2.05) is 0 Å². The summed E-state index contributed by atoms with van der Waals surface area (Å²) in [5.74, 6) is 0. The van der Waals surface area contributed by atoms with E-state index in [1.165, 1.54) is 0 Å². The third-order valence-electron chi connectivity index (χ3n) is 3.14. The predicted octanol–water partition coefficient (Wildman–Crippen LogP) is 2.09. The molecule has 268 valence electrons. The molecule has 0 N–H and O–H groups in total. The summed E-state index contributed by atoms with van der Waals surface area (Å²) in [6.45, 7) is 0. The summed E-state index contributed by atoms with van der Waals surface area (Å²) in [7, 11) is -48.1. The average molecular weight is 847 g/mol. The van der Waals surface area contributed by atoms with Crippen LogP contribution in [0.4, 0.5) is 79.0 Å². The van der Waals surface area contributed by atoms with E-state index in [4.69, 9.17) is 0 Å². The minimum absolute atomic E-state index is 0. The Morgan fingerprint density at radius 1 is 0.244 bits per heavy atom. The fourth-order valence-electron chi connectivity index (χ4n) is 1.43. The van der Waals surface area contributed by atoms with Gasteiger partial charge in [-0.25, -0.2) is 0 Å². The minimum atomic E-state index is -8.02. The zero-order chi connectivity index (χ0) is 37.2. The maximum atomic E-state index is 12.0. The van der Waals surface area contributed by atoms with Crippen LogP contribution in [0, 0.1) is 7.83 Å². The first kappa shape index (κ1) is 48.6. The maximum Gasteiger partial charge on any atom is 2.00 e. The second-order valence-electron chi connectivity index (χ2n) is 6.20. The summed E-state index contributed by atoms with van der Waals surface area (Å²) in [5, 5.41) is 0. The van der Waals surface area contributed by atoms with Crippen molar-refractivity contribution in [3.63, 3.8) is 0 Å². The van der Waals surface area contributed by atoms with Crippen LogP contribution in [-0.2, 0) is 59.0 Å². The van der Waals surface area contributed by atoms with E-state index in [-0.39, 0.29) is 23.1 Å². The van der Waals surface area contributed by atoms with E-state index < -0.39 is 99.9 Å². The average Bonchev–Trinajstić information content (AvgIpc) is 2.61. The van der Waals surface area contributed by atoms with Crippen molar-refractivity contribution in [2.45, 2.75) is 33.0 Å². The van der Waals surface area contributed by atoms with E-state index in [9.17, 15) is 130 Å². The summed E-state index contributed by atoms with van der Waals surface area (Å²) in [5.41, 5.74) is -42.3. The Balaban J connectivity index is -0.000000767. The second kappa shape index (κ2) is 12.9. The van der Waals surface area contributed by atoms with E-state index >= 15 is 0 Å². The Hall–Kier alpha value is -0.794. The van der Waals surface area contributed by atoms with E-state index in [0.717, 1.165) is 0 Å². The first-order valence-corrected chi connectivity index (χ1v) is 16.8. The van der Waals surface area contributed by atoms with Gasteiger partial charge in [0.1, 0.15) is 0 Å². The van der Waals surface area contributed by atoms with E-state index in [1.54, 1.807) is 0 Å². The van der Waals surface area contributed by atoms with Gasteiger partial charge in [0.2, 0.25) is 0 Å². The quantitative estimate of drug-likeness (QED) is 0.214. The van der Waals surface area contributed by atoms with Crippen LogP contribution in [0.1, 0.15) is 0 Å². The molecule has 0 aliphatic heterocycles. The normalized spacial score (nSPS) is 15.7. The molecule has 0 aromatic heterocycles. The van der Waals surface area contributed by atoms with Crippen molar-refractivity contribution in [2.24, 2.45) is 0 Å². The first-order valence-electron chi connectivity index (χ1n) is 7.85. The van der Waals surface area contributed by atoms with Gasteiger partial charge in [-0.3, -0.25) is 50.5 Å². The van der Waals surface area contributed by atoms with Crippen molar-refractivity contribution < 1.29 is 130 Å². The molecule has 0 spiro atoms. The van der Waals surface area contributed by atoms with Crippen LogP contribution in [0.3, 0.4) is 0 Å². The predicted molar refractivity (Wildman–Crippen MR) is 102 cm³/mol. The van der Waals surface area contributed by atoms with Gasteiger partial charge >= 0.3 is 56.1 Å². The molecule has 0 aliphatic carbocycles. The van der Waals surface area contributed by atoms with Gasteiger partial charge in [0.15, 0.2) is 59.0 Å². The molecular formula is C8F18MgO12S6. The molecule has 12 nitrogen and oxygen atoms in total. The van der Waals surface area contributed by atoms with Gasteiger partial charge in [-0.2, -0.15) is 79.0 Å². The smallest absolute Gasteiger partial charge is 0.251 e. The Morgan fingerprint density at radius 3 is 0.356 bits per heavy atom. The van der Waals surface area contributed by atoms with Crippen molar-refractivity contribution in [3.05, 3.63) is 7.83 Å². The number of halogens is 18. The second-order valence-corrected chi connectivity index (χ2v) is 19.0. The molecule has 0 aromatic carbocycles. The Labute approximate surface area is 251 Å². The van der Waals surface area contributed by atoms with Crippen LogP contribution in [0.15, 0.2) is 0 Å². The standard InChI is InChI=1S/2C4F9O6S3.Mg/c2*5-2(6,7)20(14,15)1(21(16,17)3(8,9)10)22(18,19)4(11,12)13;/q2*-1;+2. The van der Waals surface area contributed by atoms with Gasteiger partial charge in [0.05, 0.1) is 7.83 Å². The molecule has 0 aliphatic rings. The molecule has 0 aromatic rings. The molecule has 0 atom stereocenters. The molecule has 37 heteroatoms. The molecule has 0 amide bonds. The topological polar surface area (TPSA) is 205 Å². The molecule has 0 saturated carbocycles. The molecule has 45 heavy (non-hydrogen) atoms. The minimum Gasteiger partial charge on any atom is -0.251 e. The molecule has 0 fully saturated rings. The van der Waals surface area contributed by atoms with Crippen LogP contribution in [-0.4, -0.2) is 107 Å². The first-order chi connectivity index (χ1) is 18.2. The summed E-state index contributed by atoms with van der Waals surface area (Å²) in [4.78, 5) is 0. The molecule has 0 saturated heterocycles. The number of hydrogen-bond donors (Lipinski definition) is 0. The zero-order valence-electron chi connectivity index (χ0n) is 18.9. The largest absolute Gasteiger partial charge is 2.00 e. The fourth-order valence-corrected chi connectivity index (χ4v) is 12.9. The van der Waals surface area contributed by atoms with Crippen molar-refractivity contribution in [1.82, 2.24) is 0 Å². The summed E-state index contributed by atoms with van der Waals surface area (Å²) < 4.78 is 335. The zero-order valence-corrected chi connectivity index (χ0v) is 25.2. The number of hydrogen-bond acceptors (Lipinski definition) is 12. The van der Waals surface area contributed by atoms with Crippen LogP contribution in [0.5, 0.6) is 0 Å². The van der Waals surface area contributed by atoms with Gasteiger partial charge in [0.25, 0.3) is 0 Å². The number of sulfone groups is 6. The molecule has 0 heterocycles. The molecule has 0 bridgehead atoms. The van der Waals surface area contributed by atoms with Crippen LogP contribution in [0.25, 0.3) is 0 Å². The maximum absolute atomic E-state index is 12.0. The van der Waals surface area contributed by atoms with Gasteiger partial charge < -0.3 is 0 Å². The van der Waals surface area contributed by atoms with Gasteiger partial charge in [-0.05, 0) is 0 Å². The molecule has 0 rings (SSSR count). The number of alkyl halides is 18. The molecule has 0 unspecified atom stereocenters. The fraction of sp³-hybridized carbons (Fsp3) is 0.750. The van der Waals surface area contributed by atoms with E-state index in [2.05, 4.69) is 0 Å². The van der Waals surface area contributed by atoms with Crippen LogP contribution < -0.4 is 0 Å². The van der Waals surface area contributed by atoms with Crippen molar-refractivity contribution in [1.29, 1.82) is 0 Å². The van der Waals surface area contributed by atoms with Crippen LogP contribution in [0.2, 0.25) is 0 Å². The van der Waals surface area contributed by atoms with Gasteiger partial charge in [-0.1, -0.05) is 0 Å². The Bertz CT molecular complexity index is 1390. The summed E-state index contributed by atoms with van der Waals surface area (Å²) >= 11 is 0. The molecule has 0 radical (unpaired) electrons. The summed E-state index contributed by atoms with van der Waals surface area (Å²) in [6.07, 6.45) is 0. The third kappa shape index (κ3) is 9.22. The van der Waals surface area contributed by atoms with Gasteiger partial charge in [-0.15, -0.1) is 0 Å². The number of rotatable bonds is 6. The third-order valence-corrected chi connectivity index (χ3v) is 17.3. The van der Waals surface area contributed by atoms with Crippen molar-refractivity contribution in [2.75, 3.05) is 0 Å². The van der Waals surface area contributed by atoms with Crippen LogP contribution >= 0.6 is 0 Å².